The molecule has 22 heavy (non-hydrogen) atoms. The van der Waals surface area contributed by atoms with E-state index < -0.39 is 0 Å². The molecule has 0 rings (SSSR count). The van der Waals surface area contributed by atoms with E-state index >= 15 is 0 Å². The zero-order valence-corrected chi connectivity index (χ0v) is 13.7. The van der Waals surface area contributed by atoms with Crippen LogP contribution in [0.15, 0.2) is 50.6 Å². The van der Waals surface area contributed by atoms with Crippen molar-refractivity contribution in [3.63, 3.8) is 0 Å². The Kier molecular flexibility index (Phi) is 13.9. The molecule has 0 fully saturated rings. The van der Waals surface area contributed by atoms with Crippen molar-refractivity contribution >= 4 is 0 Å². The monoisotopic (exact) mass is 309 g/mol. The van der Waals surface area contributed by atoms with E-state index in [9.17, 15) is 0 Å². The van der Waals surface area contributed by atoms with Crippen molar-refractivity contribution in [2.45, 2.75) is 6.42 Å². The van der Waals surface area contributed by atoms with Crippen LogP contribution >= 0.6 is 0 Å². The first-order valence-corrected chi connectivity index (χ1v) is 7.62. The predicted octanol–water partition coefficient (Wildman–Crippen LogP) is 2.75. The van der Waals surface area contributed by atoms with Gasteiger partial charge >= 0.3 is 0 Å². The molecule has 0 aliphatic heterocycles. The maximum Gasteiger partial charge on any atom is 0.0645 e. The van der Waals surface area contributed by atoms with Gasteiger partial charge in [0.15, 0.2) is 0 Å². The van der Waals surface area contributed by atoms with Crippen molar-refractivity contribution in [2.24, 2.45) is 5.41 Å². The summed E-state index contributed by atoms with van der Waals surface area (Å²) in [5.41, 5.74) is -0.254. The molecule has 0 spiro atoms. The van der Waals surface area contributed by atoms with E-state index in [0.717, 1.165) is 19.5 Å². The fraction of sp³-hybridized carbons (Fsp3) is 0.556. The number of hydrogen-bond donors (Lipinski definition) is 1. The summed E-state index contributed by atoms with van der Waals surface area (Å²) < 4.78 is 17.0. The molecular formula is C18H31NO3. The average Bonchev–Trinajstić information content (AvgIpc) is 2.52. The molecule has 0 saturated heterocycles. The number of ether oxygens (including phenoxy) is 3. The van der Waals surface area contributed by atoms with Gasteiger partial charge in [0.1, 0.15) is 0 Å². The van der Waals surface area contributed by atoms with Crippen LogP contribution in [-0.2, 0) is 14.2 Å². The Balaban J connectivity index is 4.66. The molecule has 0 aliphatic rings. The van der Waals surface area contributed by atoms with Gasteiger partial charge in [0.05, 0.1) is 45.1 Å². The highest BCUT2D eigenvalue weighted by Gasteiger charge is 2.31. The molecule has 4 nitrogen and oxygen atoms in total. The van der Waals surface area contributed by atoms with Crippen LogP contribution in [0.5, 0.6) is 0 Å². The lowest BCUT2D eigenvalue weighted by atomic mass is 9.90. The lowest BCUT2D eigenvalue weighted by molar-refractivity contribution is -0.0554. The molecule has 0 saturated carbocycles. The van der Waals surface area contributed by atoms with Gasteiger partial charge in [-0.25, -0.2) is 0 Å². The quantitative estimate of drug-likeness (QED) is 0.331. The Morgan fingerprint density at radius 2 is 1.18 bits per heavy atom. The maximum absolute atomic E-state index is 5.68. The number of rotatable bonds is 17. The van der Waals surface area contributed by atoms with Gasteiger partial charge < -0.3 is 19.5 Å². The standard InChI is InChI=1S/C18H31NO3/c1-5-9-10-19-14-18(15-20-11-6-2,16-21-12-7-3)17-22-13-8-4/h5-8,19H,1-4,9-17H2. The highest BCUT2D eigenvalue weighted by atomic mass is 16.5. The fourth-order valence-corrected chi connectivity index (χ4v) is 1.91. The zero-order valence-electron chi connectivity index (χ0n) is 13.7. The molecular weight excluding hydrogens is 278 g/mol. The summed E-state index contributed by atoms with van der Waals surface area (Å²) in [6, 6.07) is 0. The van der Waals surface area contributed by atoms with Crippen molar-refractivity contribution in [3.8, 4) is 0 Å². The minimum Gasteiger partial charge on any atom is -0.377 e. The van der Waals surface area contributed by atoms with Gasteiger partial charge in [-0.05, 0) is 13.0 Å². The Hall–Kier alpha value is -1.20. The van der Waals surface area contributed by atoms with Gasteiger partial charge in [0.25, 0.3) is 0 Å². The zero-order chi connectivity index (χ0) is 16.5. The normalized spacial score (nSPS) is 11.1. The SMILES string of the molecule is C=CCCNCC(COCC=C)(COCC=C)COCC=C. The summed E-state index contributed by atoms with van der Waals surface area (Å²) >= 11 is 0. The molecule has 1 N–H and O–H groups in total. The van der Waals surface area contributed by atoms with E-state index in [-0.39, 0.29) is 5.41 Å². The van der Waals surface area contributed by atoms with E-state index in [0.29, 0.717) is 39.6 Å². The van der Waals surface area contributed by atoms with Crippen LogP contribution in [0, 0.1) is 5.41 Å². The molecule has 0 atom stereocenters. The van der Waals surface area contributed by atoms with Gasteiger partial charge in [-0.15, -0.1) is 26.3 Å². The first-order valence-electron chi connectivity index (χ1n) is 7.62. The van der Waals surface area contributed by atoms with Gasteiger partial charge in [-0.2, -0.15) is 0 Å². The third-order valence-electron chi connectivity index (χ3n) is 2.96. The minimum atomic E-state index is -0.254. The summed E-state index contributed by atoms with van der Waals surface area (Å²) in [5.74, 6) is 0. The predicted molar refractivity (Wildman–Crippen MR) is 93.2 cm³/mol. The Morgan fingerprint density at radius 1 is 0.727 bits per heavy atom. The third-order valence-corrected chi connectivity index (χ3v) is 2.96. The maximum atomic E-state index is 5.68. The van der Waals surface area contributed by atoms with Crippen LogP contribution in [0.3, 0.4) is 0 Å². The summed E-state index contributed by atoms with van der Waals surface area (Å²) in [7, 11) is 0. The smallest absolute Gasteiger partial charge is 0.0645 e. The van der Waals surface area contributed by atoms with E-state index in [1.54, 1.807) is 18.2 Å². The van der Waals surface area contributed by atoms with Crippen molar-refractivity contribution in [1.82, 2.24) is 5.32 Å². The fourth-order valence-electron chi connectivity index (χ4n) is 1.91. The lowest BCUT2D eigenvalue weighted by Gasteiger charge is -2.33. The molecule has 0 heterocycles. The summed E-state index contributed by atoms with van der Waals surface area (Å²) in [6.07, 6.45) is 8.04. The highest BCUT2D eigenvalue weighted by Crippen LogP contribution is 2.19. The van der Waals surface area contributed by atoms with Crippen molar-refractivity contribution in [3.05, 3.63) is 50.6 Å². The van der Waals surface area contributed by atoms with Gasteiger partial charge in [0, 0.05) is 6.54 Å². The van der Waals surface area contributed by atoms with E-state index in [1.807, 2.05) is 6.08 Å². The van der Waals surface area contributed by atoms with Crippen molar-refractivity contribution in [2.75, 3.05) is 52.7 Å². The molecule has 0 amide bonds. The van der Waals surface area contributed by atoms with E-state index in [2.05, 4.69) is 31.6 Å². The van der Waals surface area contributed by atoms with Crippen LogP contribution in [0.2, 0.25) is 0 Å². The largest absolute Gasteiger partial charge is 0.377 e. The highest BCUT2D eigenvalue weighted by molar-refractivity contribution is 4.84. The first kappa shape index (κ1) is 20.8. The van der Waals surface area contributed by atoms with Gasteiger partial charge in [0.2, 0.25) is 0 Å². The van der Waals surface area contributed by atoms with Crippen LogP contribution in [0.25, 0.3) is 0 Å². The first-order chi connectivity index (χ1) is 10.7. The van der Waals surface area contributed by atoms with Crippen molar-refractivity contribution < 1.29 is 14.2 Å². The second kappa shape index (κ2) is 14.7. The molecule has 0 unspecified atom stereocenters. The second-order valence-corrected chi connectivity index (χ2v) is 5.17. The summed E-state index contributed by atoms with van der Waals surface area (Å²) in [4.78, 5) is 0. The molecule has 0 bridgehead atoms. The molecule has 0 aromatic heterocycles. The lowest BCUT2D eigenvalue weighted by Crippen LogP contribution is -2.46. The van der Waals surface area contributed by atoms with Crippen molar-refractivity contribution in [1.29, 1.82) is 0 Å². The molecule has 0 aromatic carbocycles. The molecule has 0 radical (unpaired) electrons. The van der Waals surface area contributed by atoms with E-state index in [4.69, 9.17) is 14.2 Å². The Bertz CT molecular complexity index is 279. The van der Waals surface area contributed by atoms with E-state index in [1.165, 1.54) is 0 Å². The average molecular weight is 309 g/mol. The van der Waals surface area contributed by atoms with Crippen LogP contribution in [0.4, 0.5) is 0 Å². The number of hydrogen-bond acceptors (Lipinski definition) is 4. The molecule has 0 aromatic rings. The van der Waals surface area contributed by atoms with Crippen LogP contribution in [0.1, 0.15) is 6.42 Å². The van der Waals surface area contributed by atoms with Crippen LogP contribution < -0.4 is 5.32 Å². The second-order valence-electron chi connectivity index (χ2n) is 5.17. The molecule has 126 valence electrons. The third kappa shape index (κ3) is 10.5. The summed E-state index contributed by atoms with van der Waals surface area (Å²) in [6.45, 7) is 19.5. The molecule has 0 aliphatic carbocycles. The number of nitrogens with one attached hydrogen (secondary N) is 1. The van der Waals surface area contributed by atoms with Gasteiger partial charge in [-0.3, -0.25) is 0 Å². The Morgan fingerprint density at radius 3 is 1.55 bits per heavy atom. The summed E-state index contributed by atoms with van der Waals surface area (Å²) in [5, 5.41) is 3.42. The van der Waals surface area contributed by atoms with Crippen LogP contribution in [-0.4, -0.2) is 52.7 Å². The molecule has 4 heteroatoms. The topological polar surface area (TPSA) is 39.7 Å². The Labute approximate surface area is 135 Å². The minimum absolute atomic E-state index is 0.254. The van der Waals surface area contributed by atoms with Gasteiger partial charge in [-0.1, -0.05) is 24.3 Å².